The van der Waals surface area contributed by atoms with Crippen LogP contribution in [0.1, 0.15) is 12.2 Å². The molecule has 1 aromatic rings. The molecule has 1 N–H and O–H groups in total. The Morgan fingerprint density at radius 1 is 1.53 bits per heavy atom. The van der Waals surface area contributed by atoms with E-state index in [4.69, 9.17) is 16.0 Å². The third-order valence-electron chi connectivity index (χ3n) is 1.94. The van der Waals surface area contributed by atoms with Gasteiger partial charge in [-0.3, -0.25) is 4.79 Å². The minimum atomic E-state index is 0.111. The van der Waals surface area contributed by atoms with E-state index in [1.54, 1.807) is 25.1 Å². The second-order valence-corrected chi connectivity index (χ2v) is 3.79. The normalized spacial score (nSPS) is 10.3. The average molecular weight is 231 g/mol. The van der Waals surface area contributed by atoms with Gasteiger partial charge in [-0.05, 0) is 23.7 Å². The fraction of sp³-hybridized carbons (Fsp3) is 0.500. The molecule has 0 aliphatic carbocycles. The first-order valence-electron chi connectivity index (χ1n) is 4.74. The molecule has 1 heterocycles. The number of carbonyl (C=O) groups excluding carboxylic acids is 1. The van der Waals surface area contributed by atoms with Crippen molar-refractivity contribution >= 4 is 17.5 Å². The van der Waals surface area contributed by atoms with Crippen molar-refractivity contribution in [3.63, 3.8) is 0 Å². The molecule has 0 radical (unpaired) electrons. The molecule has 0 aliphatic rings. The molecule has 4 nitrogen and oxygen atoms in total. The van der Waals surface area contributed by atoms with Gasteiger partial charge in [0.25, 0.3) is 0 Å². The molecule has 0 aromatic carbocycles. The molecule has 0 atom stereocenters. The maximum Gasteiger partial charge on any atom is 0.223 e. The summed E-state index contributed by atoms with van der Waals surface area (Å²) in [6, 6.07) is 3.51. The van der Waals surface area contributed by atoms with E-state index in [0.29, 0.717) is 24.7 Å². The summed E-state index contributed by atoms with van der Waals surface area (Å²) in [6.45, 7) is 1.22. The number of nitrogens with zero attached hydrogens (tertiary/aromatic N) is 1. The van der Waals surface area contributed by atoms with Gasteiger partial charge in [-0.2, -0.15) is 0 Å². The van der Waals surface area contributed by atoms with E-state index < -0.39 is 0 Å². The highest BCUT2D eigenvalue weighted by Gasteiger charge is 2.03. The van der Waals surface area contributed by atoms with Crippen molar-refractivity contribution < 1.29 is 9.21 Å². The van der Waals surface area contributed by atoms with Crippen molar-refractivity contribution in [2.75, 3.05) is 20.6 Å². The van der Waals surface area contributed by atoms with Crippen LogP contribution in [0.3, 0.4) is 0 Å². The molecular weight excluding hydrogens is 216 g/mol. The average Bonchev–Trinajstić information content (AvgIpc) is 2.58. The van der Waals surface area contributed by atoms with Crippen LogP contribution in [0, 0.1) is 0 Å². The van der Waals surface area contributed by atoms with Crippen molar-refractivity contribution in [3.05, 3.63) is 23.1 Å². The van der Waals surface area contributed by atoms with Gasteiger partial charge in [-0.1, -0.05) is 0 Å². The lowest BCUT2D eigenvalue weighted by atomic mass is 10.3. The standard InChI is InChI=1S/C10H15ClN2O2/c1-13(2)10(14)5-6-12-7-8-3-4-9(11)15-8/h3-4,12H,5-7H2,1-2H3. The second kappa shape index (κ2) is 5.78. The molecular formula is C10H15ClN2O2. The van der Waals surface area contributed by atoms with Gasteiger partial charge in [-0.15, -0.1) is 0 Å². The summed E-state index contributed by atoms with van der Waals surface area (Å²) >= 11 is 5.61. The van der Waals surface area contributed by atoms with Crippen LogP contribution in [0.15, 0.2) is 16.5 Å². The number of halogens is 1. The van der Waals surface area contributed by atoms with Crippen LogP contribution in [0.5, 0.6) is 0 Å². The van der Waals surface area contributed by atoms with E-state index in [1.807, 2.05) is 6.07 Å². The summed E-state index contributed by atoms with van der Waals surface area (Å²) in [5.74, 6) is 0.886. The first-order valence-corrected chi connectivity index (χ1v) is 5.12. The summed E-state index contributed by atoms with van der Waals surface area (Å²) in [5, 5.41) is 3.49. The number of hydrogen-bond acceptors (Lipinski definition) is 3. The number of nitrogens with one attached hydrogen (secondary N) is 1. The Balaban J connectivity index is 2.15. The Kier molecular flexibility index (Phi) is 4.65. The molecule has 0 saturated heterocycles. The highest BCUT2D eigenvalue weighted by Crippen LogP contribution is 2.12. The van der Waals surface area contributed by atoms with E-state index >= 15 is 0 Å². The molecule has 5 heteroatoms. The molecule has 1 amide bonds. The maximum atomic E-state index is 11.2. The first kappa shape index (κ1) is 12.1. The number of amides is 1. The molecule has 15 heavy (non-hydrogen) atoms. The number of furan rings is 1. The summed E-state index contributed by atoms with van der Waals surface area (Å²) in [6.07, 6.45) is 0.488. The van der Waals surface area contributed by atoms with E-state index in [9.17, 15) is 4.79 Å². The van der Waals surface area contributed by atoms with E-state index in [-0.39, 0.29) is 5.91 Å². The third-order valence-corrected chi connectivity index (χ3v) is 2.15. The fourth-order valence-corrected chi connectivity index (χ4v) is 1.24. The monoisotopic (exact) mass is 230 g/mol. The summed E-state index contributed by atoms with van der Waals surface area (Å²) in [7, 11) is 3.49. The van der Waals surface area contributed by atoms with E-state index in [0.717, 1.165) is 5.76 Å². The minimum Gasteiger partial charge on any atom is -0.448 e. The predicted octanol–water partition coefficient (Wildman–Crippen LogP) is 1.50. The van der Waals surface area contributed by atoms with Gasteiger partial charge < -0.3 is 14.6 Å². The Morgan fingerprint density at radius 2 is 2.27 bits per heavy atom. The van der Waals surface area contributed by atoms with Crippen molar-refractivity contribution in [1.82, 2.24) is 10.2 Å². The summed E-state index contributed by atoms with van der Waals surface area (Å²) < 4.78 is 5.15. The highest BCUT2D eigenvalue weighted by atomic mass is 35.5. The molecule has 0 aliphatic heterocycles. The predicted molar refractivity (Wildman–Crippen MR) is 58.7 cm³/mol. The van der Waals surface area contributed by atoms with Gasteiger partial charge in [0.15, 0.2) is 5.22 Å². The molecule has 0 bridgehead atoms. The largest absolute Gasteiger partial charge is 0.448 e. The second-order valence-electron chi connectivity index (χ2n) is 3.42. The van der Waals surface area contributed by atoms with Crippen LogP contribution < -0.4 is 5.32 Å². The van der Waals surface area contributed by atoms with Gasteiger partial charge in [0.2, 0.25) is 5.91 Å². The zero-order chi connectivity index (χ0) is 11.3. The van der Waals surface area contributed by atoms with Gasteiger partial charge in [0, 0.05) is 27.1 Å². The first-order chi connectivity index (χ1) is 7.09. The molecule has 0 unspecified atom stereocenters. The number of hydrogen-bond donors (Lipinski definition) is 1. The van der Waals surface area contributed by atoms with Gasteiger partial charge in [0.1, 0.15) is 5.76 Å². The molecule has 0 spiro atoms. The van der Waals surface area contributed by atoms with Crippen LogP contribution in [0.2, 0.25) is 5.22 Å². The highest BCUT2D eigenvalue weighted by molar-refractivity contribution is 6.28. The van der Waals surface area contributed by atoms with Crippen LogP contribution >= 0.6 is 11.6 Å². The fourth-order valence-electron chi connectivity index (χ4n) is 1.08. The lowest BCUT2D eigenvalue weighted by Gasteiger charge is -2.09. The van der Waals surface area contributed by atoms with Crippen molar-refractivity contribution in [2.24, 2.45) is 0 Å². The van der Waals surface area contributed by atoms with Crippen LogP contribution in [0.4, 0.5) is 0 Å². The van der Waals surface area contributed by atoms with Crippen molar-refractivity contribution in [2.45, 2.75) is 13.0 Å². The topological polar surface area (TPSA) is 45.5 Å². The molecule has 1 aromatic heterocycles. The maximum absolute atomic E-state index is 11.2. The Bertz CT molecular complexity index is 323. The van der Waals surface area contributed by atoms with Crippen molar-refractivity contribution in [1.29, 1.82) is 0 Å². The lowest BCUT2D eigenvalue weighted by molar-refractivity contribution is -0.128. The van der Waals surface area contributed by atoms with Gasteiger partial charge in [-0.25, -0.2) is 0 Å². The smallest absolute Gasteiger partial charge is 0.223 e. The Morgan fingerprint density at radius 3 is 2.80 bits per heavy atom. The molecule has 0 fully saturated rings. The zero-order valence-electron chi connectivity index (χ0n) is 8.92. The molecule has 1 rings (SSSR count). The van der Waals surface area contributed by atoms with Crippen LogP contribution in [-0.4, -0.2) is 31.4 Å². The van der Waals surface area contributed by atoms with Gasteiger partial charge in [0.05, 0.1) is 6.54 Å². The SMILES string of the molecule is CN(C)C(=O)CCNCc1ccc(Cl)o1. The third kappa shape index (κ3) is 4.36. The molecule has 0 saturated carbocycles. The number of carbonyl (C=O) groups is 1. The Labute approximate surface area is 94.2 Å². The van der Waals surface area contributed by atoms with E-state index in [2.05, 4.69) is 5.32 Å². The quantitative estimate of drug-likeness (QED) is 0.780. The summed E-state index contributed by atoms with van der Waals surface area (Å²) in [5.41, 5.74) is 0. The minimum absolute atomic E-state index is 0.111. The lowest BCUT2D eigenvalue weighted by Crippen LogP contribution is -2.26. The Hall–Kier alpha value is -1.00. The molecule has 84 valence electrons. The number of rotatable bonds is 5. The van der Waals surface area contributed by atoms with Crippen LogP contribution in [-0.2, 0) is 11.3 Å². The van der Waals surface area contributed by atoms with Crippen molar-refractivity contribution in [3.8, 4) is 0 Å². The summed E-state index contributed by atoms with van der Waals surface area (Å²) in [4.78, 5) is 12.8. The van der Waals surface area contributed by atoms with Crippen LogP contribution in [0.25, 0.3) is 0 Å². The van der Waals surface area contributed by atoms with E-state index in [1.165, 1.54) is 0 Å². The van der Waals surface area contributed by atoms with Gasteiger partial charge >= 0.3 is 0 Å². The zero-order valence-corrected chi connectivity index (χ0v) is 9.67.